The smallest absolute Gasteiger partial charge is 0.118 e. The van der Waals surface area contributed by atoms with Gasteiger partial charge in [0.1, 0.15) is 5.66 Å². The molecule has 0 N–H and O–H groups in total. The van der Waals surface area contributed by atoms with Crippen molar-refractivity contribution in [3.63, 3.8) is 0 Å². The first-order valence-electron chi connectivity index (χ1n) is 6.92. The molecule has 0 spiro atoms. The van der Waals surface area contributed by atoms with E-state index in [4.69, 9.17) is 4.99 Å². The predicted octanol–water partition coefficient (Wildman–Crippen LogP) is 2.37. The highest BCUT2D eigenvalue weighted by atomic mass is 31.1. The van der Waals surface area contributed by atoms with E-state index in [-0.39, 0.29) is 19.3 Å². The molecular formula is C14H31N4P. The second-order valence-electron chi connectivity index (χ2n) is 6.93. The van der Waals surface area contributed by atoms with E-state index in [2.05, 4.69) is 77.5 Å². The molecule has 0 amide bonds. The van der Waals surface area contributed by atoms with Crippen molar-refractivity contribution < 1.29 is 0 Å². The average molecular weight is 286 g/mol. The van der Waals surface area contributed by atoms with Gasteiger partial charge in [-0.1, -0.05) is 0 Å². The number of hydrogen-bond donors (Lipinski definition) is 0. The van der Waals surface area contributed by atoms with E-state index < -0.39 is 0 Å². The van der Waals surface area contributed by atoms with Gasteiger partial charge in [-0.15, -0.1) is 0 Å². The predicted molar refractivity (Wildman–Crippen MR) is 87.4 cm³/mol. The second-order valence-corrected chi connectivity index (χ2v) is 9.40. The van der Waals surface area contributed by atoms with Gasteiger partial charge in [0, 0.05) is 8.07 Å². The topological polar surface area (TPSA) is 22.1 Å². The molecule has 1 heterocycles. The van der Waals surface area contributed by atoms with E-state index in [9.17, 15) is 0 Å². The summed E-state index contributed by atoms with van der Waals surface area (Å²) in [5.41, 5.74) is 1.33. The summed E-state index contributed by atoms with van der Waals surface area (Å²) in [6.45, 7) is 6.58. The molecule has 1 aliphatic heterocycles. The molecule has 19 heavy (non-hydrogen) atoms. The fourth-order valence-corrected chi connectivity index (χ4v) is 5.64. The van der Waals surface area contributed by atoms with Crippen molar-refractivity contribution in [2.75, 3.05) is 48.4 Å². The van der Waals surface area contributed by atoms with Crippen molar-refractivity contribution in [3.05, 3.63) is 0 Å². The van der Waals surface area contributed by atoms with Gasteiger partial charge in [0.25, 0.3) is 0 Å². The van der Waals surface area contributed by atoms with Crippen molar-refractivity contribution in [3.8, 4) is 0 Å². The van der Waals surface area contributed by atoms with Crippen LogP contribution in [0.1, 0.15) is 27.2 Å². The molecule has 0 aromatic carbocycles. The van der Waals surface area contributed by atoms with Crippen LogP contribution in [0.2, 0.25) is 0 Å². The summed E-state index contributed by atoms with van der Waals surface area (Å²) in [5, 5.41) is 0. The van der Waals surface area contributed by atoms with E-state index in [1.165, 1.54) is 11.6 Å². The quantitative estimate of drug-likeness (QED) is 0.587. The lowest BCUT2D eigenvalue weighted by Crippen LogP contribution is -2.58. The highest BCUT2D eigenvalue weighted by Gasteiger charge is 2.50. The second kappa shape index (κ2) is 5.77. The van der Waals surface area contributed by atoms with Crippen LogP contribution in [-0.4, -0.2) is 79.6 Å². The van der Waals surface area contributed by atoms with Crippen LogP contribution in [0.4, 0.5) is 0 Å². The third-order valence-electron chi connectivity index (χ3n) is 3.68. The minimum absolute atomic E-state index is 0.0203. The molecule has 112 valence electrons. The first kappa shape index (κ1) is 17.0. The number of aliphatic imine (C=N–C) groups is 1. The maximum atomic E-state index is 5.13. The standard InChI is InChI=1S/C14H31N4P/c1-13(2,3)15-12-14(16(4)5,17(6)7)10-11-19(12)18(8)9/h10-11H2,1-9H3. The highest BCUT2D eigenvalue weighted by Crippen LogP contribution is 2.54. The Morgan fingerprint density at radius 2 is 1.47 bits per heavy atom. The SMILES string of the molecule is CN(C)P1CCC(N(C)C)(N(C)C)C1=NC(C)(C)C. The van der Waals surface area contributed by atoms with Gasteiger partial charge in [0.05, 0.1) is 11.0 Å². The van der Waals surface area contributed by atoms with E-state index >= 15 is 0 Å². The zero-order valence-electron chi connectivity index (χ0n) is 14.2. The van der Waals surface area contributed by atoms with Crippen molar-refractivity contribution in [2.45, 2.75) is 38.4 Å². The van der Waals surface area contributed by atoms with Gasteiger partial charge >= 0.3 is 0 Å². The molecule has 0 radical (unpaired) electrons. The van der Waals surface area contributed by atoms with Crippen LogP contribution in [0, 0.1) is 0 Å². The monoisotopic (exact) mass is 286 g/mol. The lowest BCUT2D eigenvalue weighted by Gasteiger charge is -2.44. The van der Waals surface area contributed by atoms with Crippen molar-refractivity contribution in [1.29, 1.82) is 0 Å². The van der Waals surface area contributed by atoms with Crippen LogP contribution in [0.5, 0.6) is 0 Å². The van der Waals surface area contributed by atoms with Crippen molar-refractivity contribution in [2.24, 2.45) is 4.99 Å². The zero-order chi connectivity index (χ0) is 15.0. The van der Waals surface area contributed by atoms with Gasteiger partial charge in [-0.2, -0.15) is 0 Å². The van der Waals surface area contributed by atoms with Crippen LogP contribution < -0.4 is 0 Å². The molecule has 5 heteroatoms. The third-order valence-corrected chi connectivity index (χ3v) is 6.24. The van der Waals surface area contributed by atoms with Crippen LogP contribution in [0.25, 0.3) is 0 Å². The normalized spacial score (nSPS) is 26.1. The van der Waals surface area contributed by atoms with E-state index in [0.29, 0.717) is 0 Å². The maximum Gasteiger partial charge on any atom is 0.118 e. The van der Waals surface area contributed by atoms with E-state index in [1.54, 1.807) is 0 Å². The summed E-state index contributed by atoms with van der Waals surface area (Å²) in [6.07, 6.45) is 2.39. The Hall–Kier alpha value is -0.0200. The Kier molecular flexibility index (Phi) is 5.17. The first-order chi connectivity index (χ1) is 8.52. The molecule has 4 nitrogen and oxygen atoms in total. The summed E-state index contributed by atoms with van der Waals surface area (Å²) >= 11 is 0. The van der Waals surface area contributed by atoms with Crippen LogP contribution in [-0.2, 0) is 0 Å². The Bertz CT molecular complexity index is 334. The minimum Gasteiger partial charge on any atom is -0.286 e. The Labute approximate surface area is 120 Å². The minimum atomic E-state index is -0.285. The van der Waals surface area contributed by atoms with Crippen LogP contribution >= 0.6 is 8.07 Å². The Balaban J connectivity index is 3.36. The van der Waals surface area contributed by atoms with E-state index in [0.717, 1.165) is 6.42 Å². The molecule has 1 rings (SSSR count). The largest absolute Gasteiger partial charge is 0.286 e. The van der Waals surface area contributed by atoms with Crippen LogP contribution in [0.15, 0.2) is 4.99 Å². The van der Waals surface area contributed by atoms with Gasteiger partial charge in [0.2, 0.25) is 0 Å². The van der Waals surface area contributed by atoms with Gasteiger partial charge in [-0.3, -0.25) is 19.5 Å². The molecule has 0 aromatic heterocycles. The Morgan fingerprint density at radius 1 is 1.00 bits per heavy atom. The van der Waals surface area contributed by atoms with Crippen molar-refractivity contribution in [1.82, 2.24) is 14.5 Å². The molecule has 0 saturated carbocycles. The molecule has 1 aliphatic rings. The summed E-state index contributed by atoms with van der Waals surface area (Å²) in [5.74, 6) is 0. The lowest BCUT2D eigenvalue weighted by molar-refractivity contribution is 0.0727. The fourth-order valence-electron chi connectivity index (χ4n) is 2.79. The summed E-state index contributed by atoms with van der Waals surface area (Å²) < 4.78 is 2.37. The van der Waals surface area contributed by atoms with Gasteiger partial charge in [-0.05, 0) is 75.6 Å². The zero-order valence-corrected chi connectivity index (χ0v) is 15.0. The van der Waals surface area contributed by atoms with Gasteiger partial charge < -0.3 is 0 Å². The lowest BCUT2D eigenvalue weighted by atomic mass is 10.0. The number of hydrogen-bond acceptors (Lipinski definition) is 4. The summed E-state index contributed by atoms with van der Waals surface area (Å²) in [6, 6.07) is 0. The molecular weight excluding hydrogens is 255 g/mol. The fraction of sp³-hybridized carbons (Fsp3) is 0.929. The molecule has 1 unspecified atom stereocenters. The van der Waals surface area contributed by atoms with Gasteiger partial charge in [0.15, 0.2) is 0 Å². The number of nitrogens with zero attached hydrogens (tertiary/aromatic N) is 4. The third kappa shape index (κ3) is 3.36. The first-order valence-corrected chi connectivity index (χ1v) is 8.40. The van der Waals surface area contributed by atoms with Gasteiger partial charge in [-0.25, -0.2) is 0 Å². The highest BCUT2D eigenvalue weighted by molar-refractivity contribution is 7.74. The number of rotatable bonds is 3. The Morgan fingerprint density at radius 3 is 1.79 bits per heavy atom. The molecule has 0 bridgehead atoms. The summed E-state index contributed by atoms with van der Waals surface area (Å²) in [4.78, 5) is 9.80. The van der Waals surface area contributed by atoms with Crippen LogP contribution in [0.3, 0.4) is 0 Å². The van der Waals surface area contributed by atoms with E-state index in [1.807, 2.05) is 0 Å². The molecule has 1 fully saturated rings. The van der Waals surface area contributed by atoms with Crippen molar-refractivity contribution >= 4 is 13.5 Å². The molecule has 0 aliphatic carbocycles. The molecule has 0 aromatic rings. The summed E-state index contributed by atoms with van der Waals surface area (Å²) in [7, 11) is 12.8. The average Bonchev–Trinajstić information content (AvgIpc) is 2.55. The maximum absolute atomic E-state index is 5.13. The molecule has 1 atom stereocenters. The molecule has 1 saturated heterocycles.